The van der Waals surface area contributed by atoms with Crippen LogP contribution < -0.4 is 10.6 Å². The van der Waals surface area contributed by atoms with Gasteiger partial charge < -0.3 is 10.6 Å². The second kappa shape index (κ2) is 10.6. The molecule has 0 radical (unpaired) electrons. The van der Waals surface area contributed by atoms with Gasteiger partial charge in [-0.3, -0.25) is 9.59 Å². The number of rotatable bonds is 9. The third-order valence-corrected chi connectivity index (χ3v) is 8.67. The lowest BCUT2D eigenvalue weighted by Gasteiger charge is -2.21. The van der Waals surface area contributed by atoms with Crippen LogP contribution in [0.15, 0.2) is 29.2 Å². The number of anilines is 1. The fourth-order valence-electron chi connectivity index (χ4n) is 3.97. The molecule has 7 nitrogen and oxygen atoms in total. The van der Waals surface area contributed by atoms with Gasteiger partial charge in [-0.1, -0.05) is 13.8 Å². The fourth-order valence-corrected chi connectivity index (χ4v) is 6.88. The molecule has 3 rings (SSSR count). The number of sulfonamides is 1. The zero-order valence-electron chi connectivity index (χ0n) is 18.9. The number of amides is 2. The summed E-state index contributed by atoms with van der Waals surface area (Å²) in [6.07, 6.45) is 5.33. The molecule has 0 bridgehead atoms. The van der Waals surface area contributed by atoms with Gasteiger partial charge in [0.05, 0.1) is 10.5 Å². The van der Waals surface area contributed by atoms with Crippen LogP contribution in [0.4, 0.5) is 5.00 Å². The monoisotopic (exact) mass is 477 g/mol. The van der Waals surface area contributed by atoms with Crippen molar-refractivity contribution in [2.24, 2.45) is 0 Å². The highest BCUT2D eigenvalue weighted by atomic mass is 32.2. The summed E-state index contributed by atoms with van der Waals surface area (Å²) in [6.45, 7) is 4.82. The van der Waals surface area contributed by atoms with Crippen LogP contribution in [0.25, 0.3) is 0 Å². The van der Waals surface area contributed by atoms with E-state index in [-0.39, 0.29) is 16.7 Å². The quantitative estimate of drug-likeness (QED) is 0.570. The summed E-state index contributed by atoms with van der Waals surface area (Å²) < 4.78 is 27.3. The number of carbonyl (C=O) groups is 2. The molecule has 2 aromatic rings. The Morgan fingerprint density at radius 3 is 2.22 bits per heavy atom. The first-order chi connectivity index (χ1) is 15.3. The molecule has 9 heteroatoms. The maximum atomic E-state index is 12.9. The topological polar surface area (TPSA) is 95.6 Å². The Labute approximate surface area is 194 Å². The highest BCUT2D eigenvalue weighted by molar-refractivity contribution is 7.89. The maximum Gasteiger partial charge on any atom is 0.256 e. The Kier molecular flexibility index (Phi) is 8.08. The van der Waals surface area contributed by atoms with Gasteiger partial charge in [0.2, 0.25) is 10.0 Å². The Balaban J connectivity index is 1.83. The Hall–Kier alpha value is -2.23. The molecular weight excluding hydrogens is 446 g/mol. The SMILES string of the molecule is CCCN(CCC)S(=O)(=O)c1ccc(C(=O)Nc2sc3c(c2C(=O)NC)CCCC3)cc1. The van der Waals surface area contributed by atoms with Crippen LogP contribution >= 0.6 is 11.3 Å². The van der Waals surface area contributed by atoms with E-state index in [1.54, 1.807) is 7.05 Å². The molecule has 1 aromatic carbocycles. The molecule has 1 aromatic heterocycles. The number of thiophene rings is 1. The first kappa shape index (κ1) is 24.4. The number of hydrogen-bond acceptors (Lipinski definition) is 5. The largest absolute Gasteiger partial charge is 0.355 e. The van der Waals surface area contributed by atoms with E-state index < -0.39 is 10.0 Å². The van der Waals surface area contributed by atoms with Crippen molar-refractivity contribution < 1.29 is 18.0 Å². The molecule has 32 heavy (non-hydrogen) atoms. The predicted octanol–water partition coefficient (Wildman–Crippen LogP) is 4.05. The average molecular weight is 478 g/mol. The third kappa shape index (κ3) is 5.05. The van der Waals surface area contributed by atoms with Crippen LogP contribution in [-0.2, 0) is 22.9 Å². The Morgan fingerprint density at radius 2 is 1.62 bits per heavy atom. The second-order valence-electron chi connectivity index (χ2n) is 7.88. The first-order valence-corrected chi connectivity index (χ1v) is 13.4. The molecule has 0 atom stereocenters. The van der Waals surface area contributed by atoms with Gasteiger partial charge in [-0.05, 0) is 68.4 Å². The molecular formula is C23H31N3O4S2. The van der Waals surface area contributed by atoms with E-state index in [2.05, 4.69) is 10.6 Å². The molecule has 1 aliphatic rings. The van der Waals surface area contributed by atoms with Crippen molar-refractivity contribution in [2.45, 2.75) is 57.3 Å². The first-order valence-electron chi connectivity index (χ1n) is 11.1. The third-order valence-electron chi connectivity index (χ3n) is 5.55. The minimum absolute atomic E-state index is 0.175. The molecule has 0 unspecified atom stereocenters. The van der Waals surface area contributed by atoms with Crippen LogP contribution in [0, 0.1) is 0 Å². The van der Waals surface area contributed by atoms with E-state index in [1.807, 2.05) is 13.8 Å². The number of aryl methyl sites for hydroxylation is 1. The number of nitrogens with zero attached hydrogens (tertiary/aromatic N) is 1. The zero-order chi connectivity index (χ0) is 23.3. The van der Waals surface area contributed by atoms with Gasteiger partial charge in [0, 0.05) is 30.6 Å². The summed E-state index contributed by atoms with van der Waals surface area (Å²) in [5.41, 5.74) is 1.93. The summed E-state index contributed by atoms with van der Waals surface area (Å²) in [5, 5.41) is 6.10. The summed E-state index contributed by atoms with van der Waals surface area (Å²) in [5.74, 6) is -0.565. The van der Waals surface area contributed by atoms with Crippen molar-refractivity contribution in [3.05, 3.63) is 45.8 Å². The van der Waals surface area contributed by atoms with E-state index in [4.69, 9.17) is 0 Å². The van der Waals surface area contributed by atoms with E-state index >= 15 is 0 Å². The number of carbonyl (C=O) groups excluding carboxylic acids is 2. The zero-order valence-corrected chi connectivity index (χ0v) is 20.5. The fraction of sp³-hybridized carbons (Fsp3) is 0.478. The average Bonchev–Trinajstić information content (AvgIpc) is 3.16. The van der Waals surface area contributed by atoms with Crippen LogP contribution in [0.2, 0.25) is 0 Å². The molecule has 2 N–H and O–H groups in total. The van der Waals surface area contributed by atoms with Crippen LogP contribution in [0.3, 0.4) is 0 Å². The lowest BCUT2D eigenvalue weighted by Crippen LogP contribution is -2.32. The van der Waals surface area contributed by atoms with Crippen molar-refractivity contribution in [3.63, 3.8) is 0 Å². The normalized spacial score (nSPS) is 13.6. The van der Waals surface area contributed by atoms with Crippen molar-refractivity contribution in [1.82, 2.24) is 9.62 Å². The Morgan fingerprint density at radius 1 is 1.00 bits per heavy atom. The van der Waals surface area contributed by atoms with E-state index in [0.717, 1.165) is 49.0 Å². The highest BCUT2D eigenvalue weighted by Crippen LogP contribution is 2.38. The van der Waals surface area contributed by atoms with Crippen LogP contribution in [0.5, 0.6) is 0 Å². The Bertz CT molecular complexity index is 1070. The molecule has 1 heterocycles. The standard InChI is InChI=1S/C23H31N3O4S2/c1-4-14-26(15-5-2)32(29,30)17-12-10-16(11-13-17)21(27)25-23-20(22(28)24-3)18-8-6-7-9-19(18)31-23/h10-13H,4-9,14-15H2,1-3H3,(H,24,28)(H,25,27). The van der Waals surface area contributed by atoms with Crippen LogP contribution in [0.1, 0.15) is 70.7 Å². The van der Waals surface area contributed by atoms with Crippen LogP contribution in [-0.4, -0.2) is 44.7 Å². The van der Waals surface area contributed by atoms with E-state index in [1.165, 1.54) is 39.9 Å². The van der Waals surface area contributed by atoms with Gasteiger partial charge in [0.25, 0.3) is 11.8 Å². The summed E-state index contributed by atoms with van der Waals surface area (Å²) in [6, 6.07) is 5.99. The summed E-state index contributed by atoms with van der Waals surface area (Å²) in [4.78, 5) is 26.7. The van der Waals surface area contributed by atoms with E-state index in [9.17, 15) is 18.0 Å². The van der Waals surface area contributed by atoms with Gasteiger partial charge in [-0.25, -0.2) is 8.42 Å². The molecule has 0 spiro atoms. The highest BCUT2D eigenvalue weighted by Gasteiger charge is 2.27. The number of hydrogen-bond donors (Lipinski definition) is 2. The second-order valence-corrected chi connectivity index (χ2v) is 10.9. The van der Waals surface area contributed by atoms with E-state index in [0.29, 0.717) is 29.2 Å². The van der Waals surface area contributed by atoms with Crippen molar-refractivity contribution in [1.29, 1.82) is 0 Å². The summed E-state index contributed by atoms with van der Waals surface area (Å²) >= 11 is 1.46. The number of fused-ring (bicyclic) bond motifs is 1. The molecule has 2 amide bonds. The molecule has 1 aliphatic carbocycles. The molecule has 0 saturated heterocycles. The molecule has 0 saturated carbocycles. The number of benzene rings is 1. The number of nitrogens with one attached hydrogen (secondary N) is 2. The lowest BCUT2D eigenvalue weighted by atomic mass is 9.95. The minimum atomic E-state index is -3.60. The van der Waals surface area contributed by atoms with Gasteiger partial charge in [-0.2, -0.15) is 4.31 Å². The molecule has 0 aliphatic heterocycles. The predicted molar refractivity (Wildman–Crippen MR) is 128 cm³/mol. The molecule has 174 valence electrons. The molecule has 0 fully saturated rings. The van der Waals surface area contributed by atoms with Crippen molar-refractivity contribution in [3.8, 4) is 0 Å². The smallest absolute Gasteiger partial charge is 0.256 e. The summed E-state index contributed by atoms with van der Waals surface area (Å²) in [7, 11) is -2.02. The van der Waals surface area contributed by atoms with Gasteiger partial charge in [-0.15, -0.1) is 11.3 Å². The minimum Gasteiger partial charge on any atom is -0.355 e. The van der Waals surface area contributed by atoms with Crippen molar-refractivity contribution in [2.75, 3.05) is 25.5 Å². The van der Waals surface area contributed by atoms with Gasteiger partial charge >= 0.3 is 0 Å². The van der Waals surface area contributed by atoms with Crippen molar-refractivity contribution >= 4 is 38.2 Å². The van der Waals surface area contributed by atoms with Gasteiger partial charge in [0.15, 0.2) is 0 Å². The van der Waals surface area contributed by atoms with Gasteiger partial charge in [0.1, 0.15) is 5.00 Å². The maximum absolute atomic E-state index is 12.9. The lowest BCUT2D eigenvalue weighted by molar-refractivity contribution is 0.0963.